The van der Waals surface area contributed by atoms with Crippen molar-refractivity contribution in [2.24, 2.45) is 0 Å². The van der Waals surface area contributed by atoms with Crippen LogP contribution in [0.25, 0.3) is 0 Å². The molecule has 0 saturated carbocycles. The molecule has 0 atom stereocenters. The fraction of sp³-hybridized carbons (Fsp3) is 0.750. The van der Waals surface area contributed by atoms with Crippen LogP contribution in [-0.4, -0.2) is 11.1 Å². The largest absolute Gasteiger partial charge is 0.350 e. The van der Waals surface area contributed by atoms with Crippen molar-refractivity contribution in [3.63, 3.8) is 0 Å². The predicted molar refractivity (Wildman–Crippen MR) is 79.8 cm³/mol. The standard InChI is InChI=1S/C16H30N2/c1-3-5-6-7-8-9-12-17-15-16-11-10-14-18(16)13-4-2/h10-11,14,17H,3-9,12-13,15H2,1-2H3. The number of aromatic nitrogens is 1. The summed E-state index contributed by atoms with van der Waals surface area (Å²) in [5.74, 6) is 0. The quantitative estimate of drug-likeness (QED) is 0.578. The molecule has 104 valence electrons. The Balaban J connectivity index is 2.01. The first-order chi connectivity index (χ1) is 8.88. The molecule has 1 rings (SSSR count). The van der Waals surface area contributed by atoms with Gasteiger partial charge in [0.1, 0.15) is 0 Å². The van der Waals surface area contributed by atoms with Crippen molar-refractivity contribution in [2.45, 2.75) is 71.9 Å². The minimum absolute atomic E-state index is 1.02. The first-order valence-corrected chi connectivity index (χ1v) is 7.73. The van der Waals surface area contributed by atoms with Gasteiger partial charge in [-0.1, -0.05) is 46.0 Å². The minimum atomic E-state index is 1.02. The molecule has 0 bridgehead atoms. The molecule has 0 fully saturated rings. The van der Waals surface area contributed by atoms with Gasteiger partial charge in [0.2, 0.25) is 0 Å². The van der Waals surface area contributed by atoms with Crippen molar-refractivity contribution in [3.8, 4) is 0 Å². The van der Waals surface area contributed by atoms with Gasteiger partial charge in [0.15, 0.2) is 0 Å². The number of hydrogen-bond acceptors (Lipinski definition) is 1. The van der Waals surface area contributed by atoms with E-state index in [9.17, 15) is 0 Å². The molecule has 1 N–H and O–H groups in total. The minimum Gasteiger partial charge on any atom is -0.350 e. The normalized spacial score (nSPS) is 11.0. The van der Waals surface area contributed by atoms with Crippen LogP contribution >= 0.6 is 0 Å². The van der Waals surface area contributed by atoms with Gasteiger partial charge in [0, 0.05) is 25.0 Å². The summed E-state index contributed by atoms with van der Waals surface area (Å²) < 4.78 is 2.36. The summed E-state index contributed by atoms with van der Waals surface area (Å²) in [5, 5.41) is 3.56. The lowest BCUT2D eigenvalue weighted by Gasteiger charge is -2.09. The van der Waals surface area contributed by atoms with Crippen LogP contribution in [0.1, 0.15) is 64.5 Å². The Morgan fingerprint density at radius 3 is 2.56 bits per heavy atom. The molecular weight excluding hydrogens is 220 g/mol. The second kappa shape index (κ2) is 10.2. The zero-order chi connectivity index (χ0) is 13.1. The summed E-state index contributed by atoms with van der Waals surface area (Å²) in [6.07, 6.45) is 11.6. The summed E-state index contributed by atoms with van der Waals surface area (Å²) >= 11 is 0. The Bertz CT molecular complexity index is 291. The molecule has 18 heavy (non-hydrogen) atoms. The van der Waals surface area contributed by atoms with Crippen LogP contribution in [0.15, 0.2) is 18.3 Å². The molecule has 0 aliphatic heterocycles. The van der Waals surface area contributed by atoms with Crippen LogP contribution in [0.3, 0.4) is 0 Å². The third-order valence-corrected chi connectivity index (χ3v) is 3.40. The third-order valence-electron chi connectivity index (χ3n) is 3.40. The Kier molecular flexibility index (Phi) is 8.66. The number of nitrogens with zero attached hydrogens (tertiary/aromatic N) is 1. The summed E-state index contributed by atoms with van der Waals surface area (Å²) in [6.45, 7) is 7.81. The van der Waals surface area contributed by atoms with Crippen LogP contribution in [0.4, 0.5) is 0 Å². The highest BCUT2D eigenvalue weighted by atomic mass is 15.0. The van der Waals surface area contributed by atoms with E-state index in [-0.39, 0.29) is 0 Å². The van der Waals surface area contributed by atoms with Gasteiger partial charge in [-0.25, -0.2) is 0 Å². The molecule has 0 saturated heterocycles. The van der Waals surface area contributed by atoms with Gasteiger partial charge < -0.3 is 9.88 Å². The van der Waals surface area contributed by atoms with E-state index in [2.05, 4.69) is 42.1 Å². The van der Waals surface area contributed by atoms with Gasteiger partial charge in [-0.05, 0) is 31.5 Å². The first-order valence-electron chi connectivity index (χ1n) is 7.73. The van der Waals surface area contributed by atoms with E-state index >= 15 is 0 Å². The molecular formula is C16H30N2. The average Bonchev–Trinajstić information content (AvgIpc) is 2.81. The van der Waals surface area contributed by atoms with E-state index in [1.54, 1.807) is 0 Å². The van der Waals surface area contributed by atoms with E-state index < -0.39 is 0 Å². The van der Waals surface area contributed by atoms with Gasteiger partial charge in [-0.3, -0.25) is 0 Å². The third kappa shape index (κ3) is 6.25. The monoisotopic (exact) mass is 250 g/mol. The number of nitrogens with one attached hydrogen (secondary N) is 1. The molecule has 0 radical (unpaired) electrons. The molecule has 0 amide bonds. The second-order valence-corrected chi connectivity index (χ2v) is 5.14. The predicted octanol–water partition coefficient (Wildman–Crippen LogP) is 4.35. The van der Waals surface area contributed by atoms with E-state index in [1.807, 2.05) is 0 Å². The lowest BCUT2D eigenvalue weighted by atomic mass is 10.1. The van der Waals surface area contributed by atoms with Crippen molar-refractivity contribution in [3.05, 3.63) is 24.0 Å². The summed E-state index contributed by atoms with van der Waals surface area (Å²) in [6, 6.07) is 4.38. The van der Waals surface area contributed by atoms with Gasteiger partial charge >= 0.3 is 0 Å². The topological polar surface area (TPSA) is 17.0 Å². The SMILES string of the molecule is CCCCCCCCNCc1cccn1CCC. The van der Waals surface area contributed by atoms with E-state index in [0.29, 0.717) is 0 Å². The number of aryl methyl sites for hydroxylation is 1. The Hall–Kier alpha value is -0.760. The maximum atomic E-state index is 3.56. The van der Waals surface area contributed by atoms with Crippen LogP contribution < -0.4 is 5.32 Å². The maximum Gasteiger partial charge on any atom is 0.0359 e. The fourth-order valence-electron chi connectivity index (χ4n) is 2.32. The Labute approximate surface area is 113 Å². The molecule has 1 aromatic rings. The van der Waals surface area contributed by atoms with Crippen molar-refractivity contribution < 1.29 is 0 Å². The highest BCUT2D eigenvalue weighted by molar-refractivity contribution is 5.06. The van der Waals surface area contributed by atoms with Crippen molar-refractivity contribution in [1.82, 2.24) is 9.88 Å². The van der Waals surface area contributed by atoms with Crippen molar-refractivity contribution in [1.29, 1.82) is 0 Å². The first kappa shape index (κ1) is 15.3. The van der Waals surface area contributed by atoms with Crippen molar-refractivity contribution in [2.75, 3.05) is 6.54 Å². The molecule has 1 aromatic heterocycles. The molecule has 0 spiro atoms. The van der Waals surface area contributed by atoms with Crippen LogP contribution in [0, 0.1) is 0 Å². The lowest BCUT2D eigenvalue weighted by molar-refractivity contribution is 0.555. The maximum absolute atomic E-state index is 3.56. The van der Waals surface area contributed by atoms with E-state index in [1.165, 1.54) is 50.6 Å². The highest BCUT2D eigenvalue weighted by Crippen LogP contribution is 2.05. The molecule has 0 unspecified atom stereocenters. The van der Waals surface area contributed by atoms with E-state index in [0.717, 1.165) is 19.6 Å². The van der Waals surface area contributed by atoms with Crippen LogP contribution in [0.2, 0.25) is 0 Å². The molecule has 1 heterocycles. The average molecular weight is 250 g/mol. The van der Waals surface area contributed by atoms with Crippen LogP contribution in [0.5, 0.6) is 0 Å². The molecule has 0 aliphatic carbocycles. The zero-order valence-electron chi connectivity index (χ0n) is 12.3. The molecule has 0 aromatic carbocycles. The van der Waals surface area contributed by atoms with Crippen LogP contribution in [-0.2, 0) is 13.1 Å². The molecule has 0 aliphatic rings. The van der Waals surface area contributed by atoms with E-state index in [4.69, 9.17) is 0 Å². The van der Waals surface area contributed by atoms with Gasteiger partial charge in [-0.15, -0.1) is 0 Å². The van der Waals surface area contributed by atoms with Crippen molar-refractivity contribution >= 4 is 0 Å². The number of unbranched alkanes of at least 4 members (excludes halogenated alkanes) is 5. The highest BCUT2D eigenvalue weighted by Gasteiger charge is 1.98. The van der Waals surface area contributed by atoms with Gasteiger partial charge in [-0.2, -0.15) is 0 Å². The number of hydrogen-bond donors (Lipinski definition) is 1. The van der Waals surface area contributed by atoms with Gasteiger partial charge in [0.05, 0.1) is 0 Å². The lowest BCUT2D eigenvalue weighted by Crippen LogP contribution is -2.17. The summed E-state index contributed by atoms with van der Waals surface area (Å²) in [4.78, 5) is 0. The summed E-state index contributed by atoms with van der Waals surface area (Å²) in [7, 11) is 0. The number of rotatable bonds is 11. The second-order valence-electron chi connectivity index (χ2n) is 5.14. The molecule has 2 nitrogen and oxygen atoms in total. The Morgan fingerprint density at radius 1 is 1.00 bits per heavy atom. The smallest absolute Gasteiger partial charge is 0.0359 e. The molecule has 2 heteroatoms. The van der Waals surface area contributed by atoms with Gasteiger partial charge in [0.25, 0.3) is 0 Å². The zero-order valence-corrected chi connectivity index (χ0v) is 12.3. The fourth-order valence-corrected chi connectivity index (χ4v) is 2.32. The Morgan fingerprint density at radius 2 is 1.78 bits per heavy atom. The summed E-state index contributed by atoms with van der Waals surface area (Å²) in [5.41, 5.74) is 1.42.